The third-order valence-corrected chi connectivity index (χ3v) is 7.78. The number of nitrogens with zero attached hydrogens (tertiary/aromatic N) is 2. The van der Waals surface area contributed by atoms with E-state index in [2.05, 4.69) is 24.2 Å². The standard InChI is InChI=1S/C25H37N3O3/c1-17(2)18-8-10-19(11-9-18)27-14-12-20(13-15-27)28-23-7-5-4-6-21(23)22(25(28)30)16-24(29)26-31-3/h4-7,17-20,22H,8-16H2,1-3H3,(H,26,29). The molecule has 1 saturated carbocycles. The van der Waals surface area contributed by atoms with E-state index >= 15 is 0 Å². The molecule has 2 amide bonds. The summed E-state index contributed by atoms with van der Waals surface area (Å²) in [6, 6.07) is 8.88. The minimum atomic E-state index is -0.421. The van der Waals surface area contributed by atoms with Crippen molar-refractivity contribution in [1.82, 2.24) is 10.4 Å². The number of hydrogen-bond donors (Lipinski definition) is 1. The Morgan fingerprint density at radius 1 is 1.06 bits per heavy atom. The van der Waals surface area contributed by atoms with Gasteiger partial charge < -0.3 is 9.80 Å². The van der Waals surface area contributed by atoms with Crippen LogP contribution in [0.15, 0.2) is 24.3 Å². The Morgan fingerprint density at radius 3 is 2.39 bits per heavy atom. The van der Waals surface area contributed by atoms with Crippen molar-refractivity contribution in [1.29, 1.82) is 0 Å². The first kappa shape index (κ1) is 22.3. The van der Waals surface area contributed by atoms with Gasteiger partial charge in [0.1, 0.15) is 0 Å². The minimum absolute atomic E-state index is 0.0587. The molecule has 170 valence electrons. The van der Waals surface area contributed by atoms with Crippen molar-refractivity contribution in [2.45, 2.75) is 76.8 Å². The van der Waals surface area contributed by atoms with Crippen LogP contribution in [-0.4, -0.2) is 49.0 Å². The molecule has 31 heavy (non-hydrogen) atoms. The number of likely N-dealkylation sites (tertiary alicyclic amines) is 1. The number of piperidine rings is 1. The molecule has 1 aromatic carbocycles. The van der Waals surface area contributed by atoms with Crippen molar-refractivity contribution in [3.05, 3.63) is 29.8 Å². The number of fused-ring (bicyclic) bond motifs is 1. The molecule has 3 aliphatic rings. The second-order valence-corrected chi connectivity index (χ2v) is 9.83. The summed E-state index contributed by atoms with van der Waals surface area (Å²) in [4.78, 5) is 34.9. The van der Waals surface area contributed by atoms with Crippen molar-refractivity contribution < 1.29 is 14.4 Å². The Hall–Kier alpha value is -1.92. The van der Waals surface area contributed by atoms with Gasteiger partial charge in [0.2, 0.25) is 11.8 Å². The zero-order valence-corrected chi connectivity index (χ0v) is 19.2. The van der Waals surface area contributed by atoms with Crippen LogP contribution < -0.4 is 10.4 Å². The molecule has 6 nitrogen and oxygen atoms in total. The second-order valence-electron chi connectivity index (χ2n) is 9.83. The monoisotopic (exact) mass is 427 g/mol. The lowest BCUT2D eigenvalue weighted by Gasteiger charge is -2.43. The van der Waals surface area contributed by atoms with E-state index in [1.54, 1.807) is 0 Å². The minimum Gasteiger partial charge on any atom is -0.308 e. The van der Waals surface area contributed by atoms with Gasteiger partial charge in [-0.05, 0) is 62.0 Å². The maximum Gasteiger partial charge on any atom is 0.244 e. The fourth-order valence-corrected chi connectivity index (χ4v) is 5.98. The Kier molecular flexibility index (Phi) is 6.97. The van der Waals surface area contributed by atoms with Crippen molar-refractivity contribution >= 4 is 17.5 Å². The summed E-state index contributed by atoms with van der Waals surface area (Å²) < 4.78 is 0. The summed E-state index contributed by atoms with van der Waals surface area (Å²) in [6.07, 6.45) is 7.46. The number of anilines is 1. The number of carbonyl (C=O) groups is 2. The number of para-hydroxylation sites is 1. The quantitative estimate of drug-likeness (QED) is 0.700. The van der Waals surface area contributed by atoms with Crippen LogP contribution in [0.1, 0.15) is 70.3 Å². The Morgan fingerprint density at radius 2 is 1.74 bits per heavy atom. The third-order valence-electron chi connectivity index (χ3n) is 7.78. The van der Waals surface area contributed by atoms with Crippen LogP contribution in [0, 0.1) is 11.8 Å². The van der Waals surface area contributed by atoms with Crippen molar-refractivity contribution in [3.8, 4) is 0 Å². The normalized spacial score (nSPS) is 27.5. The molecule has 2 fully saturated rings. The van der Waals surface area contributed by atoms with Gasteiger partial charge in [0.05, 0.1) is 13.0 Å². The first-order valence-corrected chi connectivity index (χ1v) is 12.0. The van der Waals surface area contributed by atoms with E-state index in [-0.39, 0.29) is 24.3 Å². The first-order chi connectivity index (χ1) is 15.0. The number of carbonyl (C=O) groups excluding carboxylic acids is 2. The largest absolute Gasteiger partial charge is 0.308 e. The van der Waals surface area contributed by atoms with Gasteiger partial charge in [-0.25, -0.2) is 5.48 Å². The van der Waals surface area contributed by atoms with Crippen LogP contribution in [0.4, 0.5) is 5.69 Å². The van der Waals surface area contributed by atoms with Crippen LogP contribution in [0.2, 0.25) is 0 Å². The van der Waals surface area contributed by atoms with Crippen molar-refractivity contribution in [2.24, 2.45) is 11.8 Å². The summed E-state index contributed by atoms with van der Waals surface area (Å²) in [5.74, 6) is 1.06. The van der Waals surface area contributed by atoms with Gasteiger partial charge in [0, 0.05) is 37.3 Å². The highest BCUT2D eigenvalue weighted by Gasteiger charge is 2.42. The molecule has 1 saturated heterocycles. The van der Waals surface area contributed by atoms with E-state index in [9.17, 15) is 9.59 Å². The number of benzene rings is 1. The maximum atomic E-state index is 13.4. The van der Waals surface area contributed by atoms with E-state index in [0.717, 1.165) is 49.0 Å². The predicted octanol–water partition coefficient (Wildman–Crippen LogP) is 3.86. The fourth-order valence-electron chi connectivity index (χ4n) is 5.98. The molecule has 2 heterocycles. The Bertz CT molecular complexity index is 780. The summed E-state index contributed by atoms with van der Waals surface area (Å²) >= 11 is 0. The lowest BCUT2D eigenvalue weighted by molar-refractivity contribution is -0.133. The molecule has 2 aliphatic heterocycles. The van der Waals surface area contributed by atoms with Gasteiger partial charge in [-0.2, -0.15) is 0 Å². The predicted molar refractivity (Wildman–Crippen MR) is 122 cm³/mol. The summed E-state index contributed by atoms with van der Waals surface area (Å²) in [7, 11) is 1.41. The van der Waals surface area contributed by atoms with Crippen LogP contribution in [0.3, 0.4) is 0 Å². The van der Waals surface area contributed by atoms with Gasteiger partial charge in [-0.1, -0.05) is 32.0 Å². The molecule has 1 aliphatic carbocycles. The smallest absolute Gasteiger partial charge is 0.244 e. The van der Waals surface area contributed by atoms with Crippen molar-refractivity contribution in [2.75, 3.05) is 25.1 Å². The Balaban J connectivity index is 1.39. The molecular formula is C25H37N3O3. The lowest BCUT2D eigenvalue weighted by Crippen LogP contribution is -2.50. The molecule has 6 heteroatoms. The van der Waals surface area contributed by atoms with E-state index in [0.29, 0.717) is 6.04 Å². The number of hydroxylamine groups is 1. The van der Waals surface area contributed by atoms with Gasteiger partial charge in [0.15, 0.2) is 0 Å². The zero-order valence-electron chi connectivity index (χ0n) is 19.2. The molecular weight excluding hydrogens is 390 g/mol. The van der Waals surface area contributed by atoms with Gasteiger partial charge in [-0.3, -0.25) is 14.4 Å². The molecule has 4 rings (SSSR count). The van der Waals surface area contributed by atoms with E-state index < -0.39 is 5.92 Å². The third kappa shape index (κ3) is 4.65. The highest BCUT2D eigenvalue weighted by Crippen LogP contribution is 2.42. The molecule has 1 atom stereocenters. The van der Waals surface area contributed by atoms with Crippen LogP contribution in [-0.2, 0) is 14.4 Å². The van der Waals surface area contributed by atoms with E-state index in [4.69, 9.17) is 4.84 Å². The SMILES string of the molecule is CONC(=O)CC1C(=O)N(C2CCN(C3CCC(C(C)C)CC3)CC2)c2ccccc21. The van der Waals surface area contributed by atoms with Gasteiger partial charge in [-0.15, -0.1) is 0 Å². The number of hydrogen-bond acceptors (Lipinski definition) is 4. The first-order valence-electron chi connectivity index (χ1n) is 12.0. The average Bonchev–Trinajstić information content (AvgIpc) is 3.05. The Labute approximate surface area is 186 Å². The van der Waals surface area contributed by atoms with Crippen molar-refractivity contribution in [3.63, 3.8) is 0 Å². The molecule has 0 radical (unpaired) electrons. The zero-order chi connectivity index (χ0) is 22.0. The van der Waals surface area contributed by atoms with Gasteiger partial charge in [0.25, 0.3) is 0 Å². The molecule has 0 aromatic heterocycles. The maximum absolute atomic E-state index is 13.4. The molecule has 0 spiro atoms. The number of rotatable bonds is 6. The lowest BCUT2D eigenvalue weighted by atomic mass is 9.79. The number of nitrogens with one attached hydrogen (secondary N) is 1. The van der Waals surface area contributed by atoms with Crippen LogP contribution in [0.5, 0.6) is 0 Å². The number of amides is 2. The average molecular weight is 428 g/mol. The van der Waals surface area contributed by atoms with Crippen LogP contribution in [0.25, 0.3) is 0 Å². The molecule has 1 aromatic rings. The molecule has 1 N–H and O–H groups in total. The van der Waals surface area contributed by atoms with Crippen LogP contribution >= 0.6 is 0 Å². The summed E-state index contributed by atoms with van der Waals surface area (Å²) in [6.45, 7) is 6.83. The summed E-state index contributed by atoms with van der Waals surface area (Å²) in [5.41, 5.74) is 4.30. The van der Waals surface area contributed by atoms with E-state index in [1.165, 1.54) is 32.8 Å². The van der Waals surface area contributed by atoms with E-state index in [1.807, 2.05) is 29.2 Å². The van der Waals surface area contributed by atoms with Gasteiger partial charge >= 0.3 is 0 Å². The highest BCUT2D eigenvalue weighted by molar-refractivity contribution is 6.07. The fraction of sp³-hybridized carbons (Fsp3) is 0.680. The molecule has 0 bridgehead atoms. The topological polar surface area (TPSA) is 61.9 Å². The molecule has 1 unspecified atom stereocenters. The summed E-state index contributed by atoms with van der Waals surface area (Å²) in [5, 5.41) is 0. The second kappa shape index (κ2) is 9.70. The highest BCUT2D eigenvalue weighted by atomic mass is 16.6.